The standard InChI is InChI=1S/2C8H14O2.2C7H12O2/c1-6(2)7-3-4-10-8(9)5-7;1-6(2)7-4-3-5-10-8(7)9;1-5(2)6-3-7(8)9-4-6;1-5(2)6-3-4-9-7(6)8/h2*6-7H,3-5H2,1-2H3;2*5-6H,3-4H2,1-2H3. The first-order chi connectivity index (χ1) is 17.8. The van der Waals surface area contributed by atoms with Gasteiger partial charge >= 0.3 is 23.9 Å². The molecule has 38 heavy (non-hydrogen) atoms. The largest absolute Gasteiger partial charge is 0.466 e. The van der Waals surface area contributed by atoms with Crippen molar-refractivity contribution in [1.82, 2.24) is 0 Å². The molecule has 0 aromatic heterocycles. The molecule has 0 aromatic carbocycles. The van der Waals surface area contributed by atoms with Crippen LogP contribution < -0.4 is 0 Å². The Kier molecular flexibility index (Phi) is 15.6. The van der Waals surface area contributed by atoms with Crippen molar-refractivity contribution < 1.29 is 38.1 Å². The summed E-state index contributed by atoms with van der Waals surface area (Å²) in [5, 5.41) is 0. The lowest BCUT2D eigenvalue weighted by Gasteiger charge is -2.23. The van der Waals surface area contributed by atoms with Crippen LogP contribution in [-0.4, -0.2) is 50.3 Å². The van der Waals surface area contributed by atoms with Crippen molar-refractivity contribution in [2.45, 2.75) is 93.9 Å². The zero-order valence-corrected chi connectivity index (χ0v) is 25.0. The summed E-state index contributed by atoms with van der Waals surface area (Å²) in [7, 11) is 0. The molecule has 4 saturated heterocycles. The fraction of sp³-hybridized carbons (Fsp3) is 0.867. The van der Waals surface area contributed by atoms with E-state index in [9.17, 15) is 19.2 Å². The van der Waals surface area contributed by atoms with E-state index in [2.05, 4.69) is 55.4 Å². The minimum atomic E-state index is -0.0336. The second kappa shape index (κ2) is 17.5. The molecule has 4 heterocycles. The van der Waals surface area contributed by atoms with E-state index in [0.717, 1.165) is 25.7 Å². The summed E-state index contributed by atoms with van der Waals surface area (Å²) < 4.78 is 19.3. The number of carbonyl (C=O) groups excluding carboxylic acids is 4. The van der Waals surface area contributed by atoms with Gasteiger partial charge in [-0.25, -0.2) is 0 Å². The third kappa shape index (κ3) is 12.6. The van der Waals surface area contributed by atoms with Crippen LogP contribution in [0.1, 0.15) is 93.9 Å². The minimum absolute atomic E-state index is 0.00116. The molecule has 0 amide bonds. The first-order valence-electron chi connectivity index (χ1n) is 14.5. The third-order valence-electron chi connectivity index (χ3n) is 7.75. The fourth-order valence-electron chi connectivity index (χ4n) is 4.65. The molecule has 4 unspecified atom stereocenters. The third-order valence-corrected chi connectivity index (χ3v) is 7.75. The molecule has 0 radical (unpaired) electrons. The lowest BCUT2D eigenvalue weighted by molar-refractivity contribution is -0.154. The molecule has 8 heteroatoms. The molecule has 220 valence electrons. The van der Waals surface area contributed by atoms with Crippen LogP contribution in [0.25, 0.3) is 0 Å². The predicted octanol–water partition coefficient (Wildman–Crippen LogP) is 5.60. The Bertz CT molecular complexity index is 743. The van der Waals surface area contributed by atoms with Crippen molar-refractivity contribution in [3.63, 3.8) is 0 Å². The number of esters is 4. The Morgan fingerprint density at radius 2 is 1.00 bits per heavy atom. The summed E-state index contributed by atoms with van der Waals surface area (Å²) >= 11 is 0. The summed E-state index contributed by atoms with van der Waals surface area (Å²) in [4.78, 5) is 43.1. The molecule has 4 fully saturated rings. The molecule has 0 aromatic rings. The van der Waals surface area contributed by atoms with Crippen molar-refractivity contribution >= 4 is 23.9 Å². The number of rotatable bonds is 4. The van der Waals surface area contributed by atoms with E-state index in [1.54, 1.807) is 0 Å². The lowest BCUT2D eigenvalue weighted by atomic mass is 9.89. The van der Waals surface area contributed by atoms with Crippen LogP contribution in [0, 0.1) is 47.3 Å². The molecule has 0 aliphatic carbocycles. The Hall–Kier alpha value is -2.12. The molecule has 0 spiro atoms. The Balaban J connectivity index is 0.000000254. The maximum absolute atomic E-state index is 11.0. The van der Waals surface area contributed by atoms with Crippen LogP contribution in [0.5, 0.6) is 0 Å². The van der Waals surface area contributed by atoms with Crippen LogP contribution in [-0.2, 0) is 38.1 Å². The van der Waals surface area contributed by atoms with Crippen molar-refractivity contribution in [2.24, 2.45) is 47.3 Å². The highest BCUT2D eigenvalue weighted by molar-refractivity contribution is 5.74. The number of hydrogen-bond acceptors (Lipinski definition) is 8. The lowest BCUT2D eigenvalue weighted by Crippen LogP contribution is -2.27. The molecule has 4 atom stereocenters. The van der Waals surface area contributed by atoms with Crippen LogP contribution in [0.15, 0.2) is 0 Å². The maximum Gasteiger partial charge on any atom is 0.309 e. The summed E-state index contributed by atoms with van der Waals surface area (Å²) in [6, 6.07) is 0. The highest BCUT2D eigenvalue weighted by Gasteiger charge is 2.29. The second-order valence-electron chi connectivity index (χ2n) is 12.1. The zero-order valence-electron chi connectivity index (χ0n) is 25.0. The Morgan fingerprint density at radius 3 is 1.32 bits per heavy atom. The van der Waals surface area contributed by atoms with Crippen LogP contribution in [0.2, 0.25) is 0 Å². The number of carbonyl (C=O) groups is 4. The van der Waals surface area contributed by atoms with Gasteiger partial charge in [0.2, 0.25) is 0 Å². The Morgan fingerprint density at radius 1 is 0.526 bits per heavy atom. The van der Waals surface area contributed by atoms with Gasteiger partial charge in [-0.2, -0.15) is 0 Å². The van der Waals surface area contributed by atoms with Crippen molar-refractivity contribution in [3.05, 3.63) is 0 Å². The molecule has 0 saturated carbocycles. The average molecular weight is 541 g/mol. The monoisotopic (exact) mass is 540 g/mol. The van der Waals surface area contributed by atoms with Gasteiger partial charge in [0.1, 0.15) is 0 Å². The minimum Gasteiger partial charge on any atom is -0.466 e. The van der Waals surface area contributed by atoms with Gasteiger partial charge in [0, 0.05) is 12.3 Å². The maximum atomic E-state index is 11.0. The van der Waals surface area contributed by atoms with Gasteiger partial charge in [0.05, 0.1) is 44.7 Å². The summed E-state index contributed by atoms with van der Waals surface area (Å²) in [6.07, 6.45) is 5.25. The van der Waals surface area contributed by atoms with E-state index >= 15 is 0 Å². The van der Waals surface area contributed by atoms with Crippen LogP contribution >= 0.6 is 0 Å². The zero-order chi connectivity index (χ0) is 28.8. The van der Waals surface area contributed by atoms with Crippen LogP contribution in [0.4, 0.5) is 0 Å². The highest BCUT2D eigenvalue weighted by Crippen LogP contribution is 2.24. The van der Waals surface area contributed by atoms with Gasteiger partial charge in [-0.05, 0) is 55.3 Å². The van der Waals surface area contributed by atoms with Crippen molar-refractivity contribution in [1.29, 1.82) is 0 Å². The number of hydrogen-bond donors (Lipinski definition) is 0. The molecule has 8 nitrogen and oxygen atoms in total. The van der Waals surface area contributed by atoms with Gasteiger partial charge in [0.25, 0.3) is 0 Å². The Labute approximate surface area is 229 Å². The molecular formula is C30H52O8. The van der Waals surface area contributed by atoms with Gasteiger partial charge in [0.15, 0.2) is 0 Å². The van der Waals surface area contributed by atoms with E-state index in [0.29, 0.717) is 74.8 Å². The van der Waals surface area contributed by atoms with E-state index in [1.165, 1.54) is 0 Å². The molecule has 4 aliphatic rings. The predicted molar refractivity (Wildman–Crippen MR) is 145 cm³/mol. The van der Waals surface area contributed by atoms with Crippen molar-refractivity contribution in [2.75, 3.05) is 26.4 Å². The van der Waals surface area contributed by atoms with Gasteiger partial charge in [-0.1, -0.05) is 55.4 Å². The molecule has 4 aliphatic heterocycles. The van der Waals surface area contributed by atoms with Gasteiger partial charge < -0.3 is 18.9 Å². The average Bonchev–Trinajstić information content (AvgIpc) is 3.49. The van der Waals surface area contributed by atoms with Gasteiger partial charge in [-0.15, -0.1) is 0 Å². The SMILES string of the molecule is CC(C)C1CCCOC1=O.CC(C)C1CCOC(=O)C1.CC(C)C1CCOC1=O.CC(C)C1COC(=O)C1. The van der Waals surface area contributed by atoms with Crippen molar-refractivity contribution in [3.8, 4) is 0 Å². The second-order valence-corrected chi connectivity index (χ2v) is 12.1. The number of ether oxygens (including phenoxy) is 4. The molecule has 0 bridgehead atoms. The van der Waals surface area contributed by atoms with E-state index in [4.69, 9.17) is 18.9 Å². The first-order valence-corrected chi connectivity index (χ1v) is 14.5. The van der Waals surface area contributed by atoms with E-state index < -0.39 is 0 Å². The topological polar surface area (TPSA) is 105 Å². The van der Waals surface area contributed by atoms with E-state index in [-0.39, 0.29) is 35.7 Å². The van der Waals surface area contributed by atoms with Crippen LogP contribution in [0.3, 0.4) is 0 Å². The first kappa shape index (κ1) is 33.9. The summed E-state index contributed by atoms with van der Waals surface area (Å²) in [5.74, 6) is 3.37. The molecule has 4 rings (SSSR count). The molecular weight excluding hydrogens is 488 g/mol. The molecule has 0 N–H and O–H groups in total. The highest BCUT2D eigenvalue weighted by atomic mass is 16.5. The van der Waals surface area contributed by atoms with Gasteiger partial charge in [-0.3, -0.25) is 19.2 Å². The summed E-state index contributed by atoms with van der Waals surface area (Å²) in [6.45, 7) is 19.3. The number of cyclic esters (lactones) is 4. The summed E-state index contributed by atoms with van der Waals surface area (Å²) in [5.41, 5.74) is 0. The quantitative estimate of drug-likeness (QED) is 0.335. The fourth-order valence-corrected chi connectivity index (χ4v) is 4.65. The smallest absolute Gasteiger partial charge is 0.309 e. The normalized spacial score (nSPS) is 26.8. The van der Waals surface area contributed by atoms with E-state index in [1.807, 2.05) is 0 Å².